The molecule has 1 fully saturated rings. The summed E-state index contributed by atoms with van der Waals surface area (Å²) in [6.07, 6.45) is 0. The Bertz CT molecular complexity index is 986. The van der Waals surface area contributed by atoms with Crippen LogP contribution in [0.15, 0.2) is 53.3 Å². The first-order valence-electron chi connectivity index (χ1n) is 9.27. The van der Waals surface area contributed by atoms with Crippen molar-refractivity contribution in [3.63, 3.8) is 0 Å². The summed E-state index contributed by atoms with van der Waals surface area (Å²) >= 11 is 0. The Morgan fingerprint density at radius 3 is 2.52 bits per heavy atom. The molecule has 1 aliphatic rings. The van der Waals surface area contributed by atoms with E-state index in [1.807, 2.05) is 13.0 Å². The normalized spacial score (nSPS) is 16.4. The predicted molar refractivity (Wildman–Crippen MR) is 106 cm³/mol. The number of carbonyl (C=O) groups is 1. The number of amides is 1. The van der Waals surface area contributed by atoms with Crippen LogP contribution in [0, 0.1) is 0 Å². The van der Waals surface area contributed by atoms with Gasteiger partial charge in [-0.15, -0.1) is 0 Å². The highest BCUT2D eigenvalue weighted by molar-refractivity contribution is 5.95. The smallest absolute Gasteiger partial charge is 0.323 e. The van der Waals surface area contributed by atoms with E-state index in [-0.39, 0.29) is 17.6 Å². The molecule has 0 radical (unpaired) electrons. The number of anilines is 2. The number of aromatic amines is 2. The second-order valence-corrected chi connectivity index (χ2v) is 7.03. The van der Waals surface area contributed by atoms with Crippen molar-refractivity contribution in [2.24, 2.45) is 0 Å². The molecule has 140 valence electrons. The molecule has 0 aliphatic carbocycles. The summed E-state index contributed by atoms with van der Waals surface area (Å²) in [7, 11) is 0. The van der Waals surface area contributed by atoms with Crippen LogP contribution in [0.1, 0.15) is 6.92 Å². The first-order valence-corrected chi connectivity index (χ1v) is 9.27. The van der Waals surface area contributed by atoms with Crippen LogP contribution in [0.25, 0.3) is 11.0 Å². The fraction of sp³-hybridized carbons (Fsp3) is 0.300. The monoisotopic (exact) mass is 366 g/mol. The van der Waals surface area contributed by atoms with E-state index in [0.29, 0.717) is 11.2 Å². The van der Waals surface area contributed by atoms with Crippen LogP contribution in [0.2, 0.25) is 0 Å². The summed E-state index contributed by atoms with van der Waals surface area (Å²) in [6, 6.07) is 15.6. The topological polar surface area (TPSA) is 85.4 Å². The van der Waals surface area contributed by atoms with Gasteiger partial charge in [-0.05, 0) is 37.3 Å². The largest absolute Gasteiger partial charge is 0.360 e. The zero-order valence-electron chi connectivity index (χ0n) is 15.3. The van der Waals surface area contributed by atoms with Crippen molar-refractivity contribution in [3.8, 4) is 0 Å². The number of hydrogen-bond acceptors (Lipinski definition) is 3. The zero-order chi connectivity index (χ0) is 18.8. The molecule has 3 aromatic rings. The number of nitrogens with zero attached hydrogens (tertiary/aromatic N) is 1. The number of nitrogens with one attached hydrogen (secondary N) is 4. The lowest BCUT2D eigenvalue weighted by atomic mass is 10.2. The van der Waals surface area contributed by atoms with Crippen LogP contribution >= 0.6 is 0 Å². The van der Waals surface area contributed by atoms with Gasteiger partial charge in [0, 0.05) is 11.4 Å². The number of hydrogen-bond donors (Lipinski definition) is 4. The molecule has 0 spiro atoms. The van der Waals surface area contributed by atoms with E-state index in [1.165, 1.54) is 10.6 Å². The van der Waals surface area contributed by atoms with Gasteiger partial charge in [0.05, 0.1) is 37.2 Å². The highest BCUT2D eigenvalue weighted by atomic mass is 16.2. The van der Waals surface area contributed by atoms with Gasteiger partial charge in [0.1, 0.15) is 0 Å². The Kier molecular flexibility index (Phi) is 4.68. The fourth-order valence-corrected chi connectivity index (χ4v) is 3.67. The van der Waals surface area contributed by atoms with Gasteiger partial charge in [-0.3, -0.25) is 4.79 Å². The molecule has 7 nitrogen and oxygen atoms in total. The molecule has 2 heterocycles. The van der Waals surface area contributed by atoms with Crippen molar-refractivity contribution in [1.29, 1.82) is 0 Å². The SMILES string of the molecule is C[C@H](C(=O)Nc1ccc2[nH]c(=O)[nH]c2c1)[NH+]1CCN(c2ccccc2)CC1. The van der Waals surface area contributed by atoms with Gasteiger partial charge in [-0.25, -0.2) is 4.79 Å². The third-order valence-electron chi connectivity index (χ3n) is 5.32. The van der Waals surface area contributed by atoms with Gasteiger partial charge >= 0.3 is 5.69 Å². The number of imidazole rings is 1. The fourth-order valence-electron chi connectivity index (χ4n) is 3.67. The van der Waals surface area contributed by atoms with E-state index >= 15 is 0 Å². The number of H-pyrrole nitrogens is 2. The number of rotatable bonds is 4. The lowest BCUT2D eigenvalue weighted by molar-refractivity contribution is -0.914. The molecular weight excluding hydrogens is 342 g/mol. The minimum Gasteiger partial charge on any atom is -0.360 e. The zero-order valence-corrected chi connectivity index (χ0v) is 15.3. The number of piperazine rings is 1. The molecule has 0 bridgehead atoms. The summed E-state index contributed by atoms with van der Waals surface area (Å²) in [6.45, 7) is 5.70. The van der Waals surface area contributed by atoms with Gasteiger partial charge < -0.3 is 25.1 Å². The molecule has 4 rings (SSSR count). The number of quaternary nitrogens is 1. The van der Waals surface area contributed by atoms with E-state index in [0.717, 1.165) is 31.7 Å². The lowest BCUT2D eigenvalue weighted by Crippen LogP contribution is -3.19. The van der Waals surface area contributed by atoms with Gasteiger partial charge in [-0.2, -0.15) is 0 Å². The molecule has 1 amide bonds. The maximum absolute atomic E-state index is 12.7. The Morgan fingerprint density at radius 2 is 1.78 bits per heavy atom. The molecule has 0 unspecified atom stereocenters. The van der Waals surface area contributed by atoms with Crippen LogP contribution in [-0.2, 0) is 4.79 Å². The molecule has 1 aliphatic heterocycles. The van der Waals surface area contributed by atoms with Crippen LogP contribution in [0.5, 0.6) is 0 Å². The highest BCUT2D eigenvalue weighted by Crippen LogP contribution is 2.15. The molecular formula is C20H24N5O2+. The lowest BCUT2D eigenvalue weighted by Gasteiger charge is -2.36. The van der Waals surface area contributed by atoms with Crippen LogP contribution in [-0.4, -0.2) is 48.1 Å². The number of fused-ring (bicyclic) bond motifs is 1. The Hall–Kier alpha value is -3.06. The van der Waals surface area contributed by atoms with Crippen LogP contribution in [0.3, 0.4) is 0 Å². The van der Waals surface area contributed by atoms with Gasteiger partial charge in [0.15, 0.2) is 6.04 Å². The Morgan fingerprint density at radius 1 is 1.07 bits per heavy atom. The molecule has 4 N–H and O–H groups in total. The Balaban J connectivity index is 1.37. The standard InChI is InChI=1S/C20H23N5O2/c1-14(24-9-11-25(12-10-24)16-5-3-2-4-6-16)19(26)21-15-7-8-17-18(13-15)23-20(27)22-17/h2-8,13-14H,9-12H2,1H3,(H,21,26)(H2,22,23,27)/p+1/t14-/m1/s1. The minimum absolute atomic E-state index is 0.00427. The summed E-state index contributed by atoms with van der Waals surface area (Å²) < 4.78 is 0. The molecule has 0 saturated carbocycles. The second-order valence-electron chi connectivity index (χ2n) is 7.03. The van der Waals surface area contributed by atoms with Crippen molar-refractivity contribution < 1.29 is 9.69 Å². The predicted octanol–water partition coefficient (Wildman–Crippen LogP) is 0.588. The van der Waals surface area contributed by atoms with E-state index in [2.05, 4.69) is 44.5 Å². The van der Waals surface area contributed by atoms with Crippen LogP contribution in [0.4, 0.5) is 11.4 Å². The molecule has 27 heavy (non-hydrogen) atoms. The molecule has 1 atom stereocenters. The molecule has 2 aromatic carbocycles. The van der Waals surface area contributed by atoms with E-state index < -0.39 is 0 Å². The van der Waals surface area contributed by atoms with Crippen molar-refractivity contribution in [1.82, 2.24) is 9.97 Å². The van der Waals surface area contributed by atoms with Crippen LogP contribution < -0.4 is 20.8 Å². The second kappa shape index (κ2) is 7.28. The molecule has 1 saturated heterocycles. The number of para-hydroxylation sites is 1. The average molecular weight is 366 g/mol. The maximum Gasteiger partial charge on any atom is 0.323 e. The van der Waals surface area contributed by atoms with E-state index in [9.17, 15) is 9.59 Å². The van der Waals surface area contributed by atoms with Crippen molar-refractivity contribution in [3.05, 3.63) is 59.0 Å². The average Bonchev–Trinajstić information content (AvgIpc) is 3.07. The summed E-state index contributed by atoms with van der Waals surface area (Å²) in [5, 5.41) is 2.97. The molecule has 1 aromatic heterocycles. The Labute approximate surface area is 157 Å². The first-order chi connectivity index (χ1) is 13.1. The van der Waals surface area contributed by atoms with E-state index in [4.69, 9.17) is 0 Å². The third kappa shape index (κ3) is 3.73. The maximum atomic E-state index is 12.7. The van der Waals surface area contributed by atoms with Gasteiger partial charge in [-0.1, -0.05) is 18.2 Å². The summed E-state index contributed by atoms with van der Waals surface area (Å²) in [5.74, 6) is -0.00427. The summed E-state index contributed by atoms with van der Waals surface area (Å²) in [4.78, 5) is 33.1. The van der Waals surface area contributed by atoms with Crippen molar-refractivity contribution >= 4 is 28.3 Å². The first kappa shape index (κ1) is 17.4. The number of aromatic nitrogens is 2. The van der Waals surface area contributed by atoms with E-state index in [1.54, 1.807) is 18.2 Å². The minimum atomic E-state index is -0.248. The number of carbonyl (C=O) groups excluding carboxylic acids is 1. The highest BCUT2D eigenvalue weighted by Gasteiger charge is 2.29. The third-order valence-corrected chi connectivity index (χ3v) is 5.32. The van der Waals surface area contributed by atoms with Crippen molar-refractivity contribution in [2.45, 2.75) is 13.0 Å². The summed E-state index contributed by atoms with van der Waals surface area (Å²) in [5.41, 5.74) is 3.10. The number of benzene rings is 2. The van der Waals surface area contributed by atoms with Gasteiger partial charge in [0.25, 0.3) is 5.91 Å². The quantitative estimate of drug-likeness (QED) is 0.545. The van der Waals surface area contributed by atoms with Crippen molar-refractivity contribution in [2.75, 3.05) is 36.4 Å². The van der Waals surface area contributed by atoms with Gasteiger partial charge in [0.2, 0.25) is 0 Å². The molecule has 7 heteroatoms.